The van der Waals surface area contributed by atoms with Crippen LogP contribution in [0.2, 0.25) is 0 Å². The van der Waals surface area contributed by atoms with Gasteiger partial charge < -0.3 is 15.2 Å². The van der Waals surface area contributed by atoms with Gasteiger partial charge >= 0.3 is 12.1 Å². The molecule has 0 saturated heterocycles. The molecule has 0 radical (unpaired) electrons. The maximum absolute atomic E-state index is 12.6. The zero-order valence-corrected chi connectivity index (χ0v) is 20.3. The Labute approximate surface area is 210 Å². The number of hydrogen-bond donors (Lipinski definition) is 3. The van der Waals surface area contributed by atoms with E-state index < -0.39 is 17.5 Å². The summed E-state index contributed by atoms with van der Waals surface area (Å²) in [5, 5.41) is 14.6. The lowest BCUT2D eigenvalue weighted by Crippen LogP contribution is -2.34. The van der Waals surface area contributed by atoms with E-state index in [0.717, 1.165) is 22.3 Å². The standard InChI is InChI=1S/C27H23BrN2O5/c28-22-13-16(24(31)29-15-27(11-12-27)25(32)33)9-10-23(22)30-26(34)35-14-21-19-7-3-1-5-17(19)18-6-2-4-8-20(18)21/h1-10,13,21H,11-12,14-15H2,(H,29,31)(H,30,34)(H,32,33). The molecule has 2 amide bonds. The number of benzene rings is 3. The van der Waals surface area contributed by atoms with Gasteiger partial charge in [0.15, 0.2) is 0 Å². The van der Waals surface area contributed by atoms with Crippen LogP contribution < -0.4 is 10.6 Å². The highest BCUT2D eigenvalue weighted by Crippen LogP contribution is 2.45. The Bertz CT molecular complexity index is 1290. The Morgan fingerprint density at radius 3 is 2.17 bits per heavy atom. The summed E-state index contributed by atoms with van der Waals surface area (Å²) in [4.78, 5) is 36.3. The highest BCUT2D eigenvalue weighted by Gasteiger charge is 2.50. The molecule has 0 aromatic heterocycles. The third kappa shape index (κ3) is 4.53. The van der Waals surface area contributed by atoms with Crippen LogP contribution in [-0.4, -0.2) is 36.2 Å². The molecule has 0 bridgehead atoms. The van der Waals surface area contributed by atoms with Crippen molar-refractivity contribution in [2.24, 2.45) is 5.41 Å². The first-order valence-electron chi connectivity index (χ1n) is 11.3. The van der Waals surface area contributed by atoms with Crippen molar-refractivity contribution in [1.82, 2.24) is 5.32 Å². The Hall–Kier alpha value is -3.65. The van der Waals surface area contributed by atoms with Gasteiger partial charge in [-0.2, -0.15) is 0 Å². The van der Waals surface area contributed by atoms with Gasteiger partial charge in [-0.1, -0.05) is 48.5 Å². The van der Waals surface area contributed by atoms with Crippen molar-refractivity contribution in [3.63, 3.8) is 0 Å². The number of hydrogen-bond acceptors (Lipinski definition) is 4. The van der Waals surface area contributed by atoms with Crippen LogP contribution >= 0.6 is 15.9 Å². The molecule has 1 fully saturated rings. The van der Waals surface area contributed by atoms with Gasteiger partial charge in [0.2, 0.25) is 0 Å². The number of halogens is 1. The molecule has 0 atom stereocenters. The molecule has 2 aliphatic rings. The molecule has 0 unspecified atom stereocenters. The first-order valence-corrected chi connectivity index (χ1v) is 12.1. The molecule has 2 aliphatic carbocycles. The average Bonchev–Trinajstić information content (AvgIpc) is 3.59. The zero-order chi connectivity index (χ0) is 24.6. The Balaban J connectivity index is 1.20. The van der Waals surface area contributed by atoms with Gasteiger partial charge in [-0.15, -0.1) is 0 Å². The second-order valence-electron chi connectivity index (χ2n) is 8.91. The van der Waals surface area contributed by atoms with Gasteiger partial charge in [-0.3, -0.25) is 14.9 Å². The molecule has 35 heavy (non-hydrogen) atoms. The summed E-state index contributed by atoms with van der Waals surface area (Å²) in [7, 11) is 0. The second-order valence-corrected chi connectivity index (χ2v) is 9.77. The van der Waals surface area contributed by atoms with Crippen molar-refractivity contribution >= 4 is 39.6 Å². The van der Waals surface area contributed by atoms with Crippen LogP contribution in [0, 0.1) is 5.41 Å². The molecule has 5 rings (SSSR count). The lowest BCUT2D eigenvalue weighted by Gasteiger charge is -2.15. The molecule has 0 heterocycles. The predicted molar refractivity (Wildman–Crippen MR) is 134 cm³/mol. The van der Waals surface area contributed by atoms with Crippen LogP contribution in [0.15, 0.2) is 71.2 Å². The Morgan fingerprint density at radius 1 is 0.971 bits per heavy atom. The lowest BCUT2D eigenvalue weighted by molar-refractivity contribution is -0.143. The van der Waals surface area contributed by atoms with Crippen molar-refractivity contribution in [2.75, 3.05) is 18.5 Å². The fourth-order valence-electron chi connectivity index (χ4n) is 4.47. The number of amides is 2. The van der Waals surface area contributed by atoms with E-state index in [-0.39, 0.29) is 25.0 Å². The first kappa shape index (κ1) is 23.1. The molecule has 178 valence electrons. The van der Waals surface area contributed by atoms with E-state index in [1.807, 2.05) is 24.3 Å². The zero-order valence-electron chi connectivity index (χ0n) is 18.7. The van der Waals surface area contributed by atoms with Crippen molar-refractivity contribution in [1.29, 1.82) is 0 Å². The number of carboxylic acid groups (broad SMARTS) is 1. The second kappa shape index (κ2) is 9.19. The minimum absolute atomic E-state index is 0.0387. The summed E-state index contributed by atoms with van der Waals surface area (Å²) in [6.45, 7) is 0.293. The van der Waals surface area contributed by atoms with E-state index in [1.54, 1.807) is 18.2 Å². The molecule has 3 N–H and O–H groups in total. The summed E-state index contributed by atoms with van der Waals surface area (Å²) in [6, 6.07) is 21.0. The van der Waals surface area contributed by atoms with E-state index in [1.165, 1.54) is 0 Å². The minimum Gasteiger partial charge on any atom is -0.481 e. The number of ether oxygens (including phenoxy) is 1. The fraction of sp³-hybridized carbons (Fsp3) is 0.222. The molecule has 7 nitrogen and oxygen atoms in total. The van der Waals surface area contributed by atoms with Crippen molar-refractivity contribution in [3.05, 3.63) is 87.9 Å². The van der Waals surface area contributed by atoms with Gasteiger partial charge in [0, 0.05) is 22.5 Å². The van der Waals surface area contributed by atoms with E-state index in [4.69, 9.17) is 4.74 Å². The largest absolute Gasteiger partial charge is 0.481 e. The SMILES string of the molecule is O=C(Nc1ccc(C(=O)NCC2(C(=O)O)CC2)cc1Br)OCC1c2ccccc2-c2ccccc21. The van der Waals surface area contributed by atoms with Crippen molar-refractivity contribution in [3.8, 4) is 11.1 Å². The molecule has 0 aliphatic heterocycles. The number of nitrogens with one attached hydrogen (secondary N) is 2. The van der Waals surface area contributed by atoms with Crippen molar-refractivity contribution in [2.45, 2.75) is 18.8 Å². The molecule has 3 aromatic carbocycles. The number of rotatable bonds is 7. The van der Waals surface area contributed by atoms with Gasteiger partial charge in [-0.05, 0) is 69.2 Å². The van der Waals surface area contributed by atoms with E-state index >= 15 is 0 Å². The number of aliphatic carboxylic acids is 1. The normalized spacial score (nSPS) is 15.0. The topological polar surface area (TPSA) is 105 Å². The lowest BCUT2D eigenvalue weighted by atomic mass is 9.98. The van der Waals surface area contributed by atoms with Crippen LogP contribution in [0.5, 0.6) is 0 Å². The number of carbonyl (C=O) groups excluding carboxylic acids is 2. The quantitative estimate of drug-likeness (QED) is 0.376. The van der Waals surface area contributed by atoms with Gasteiger partial charge in [0.1, 0.15) is 6.61 Å². The monoisotopic (exact) mass is 534 g/mol. The minimum atomic E-state index is -0.887. The summed E-state index contributed by atoms with van der Waals surface area (Å²) in [6.07, 6.45) is 0.534. The van der Waals surface area contributed by atoms with E-state index in [0.29, 0.717) is 28.6 Å². The number of fused-ring (bicyclic) bond motifs is 3. The van der Waals surface area contributed by atoms with Crippen LogP contribution in [0.3, 0.4) is 0 Å². The Morgan fingerprint density at radius 2 is 1.60 bits per heavy atom. The first-order chi connectivity index (χ1) is 16.9. The molecule has 0 spiro atoms. The molecule has 1 saturated carbocycles. The fourth-order valence-corrected chi connectivity index (χ4v) is 4.95. The third-order valence-electron chi connectivity index (χ3n) is 6.71. The highest BCUT2D eigenvalue weighted by molar-refractivity contribution is 9.10. The molecular formula is C27H23BrN2O5. The number of carbonyl (C=O) groups is 3. The van der Waals surface area contributed by atoms with Gasteiger partial charge in [0.25, 0.3) is 5.91 Å². The number of anilines is 1. The van der Waals surface area contributed by atoms with Crippen LogP contribution in [0.4, 0.5) is 10.5 Å². The molecule has 8 heteroatoms. The number of carboxylic acids is 1. The maximum Gasteiger partial charge on any atom is 0.411 e. The van der Waals surface area contributed by atoms with Crippen molar-refractivity contribution < 1.29 is 24.2 Å². The van der Waals surface area contributed by atoms with Crippen LogP contribution in [-0.2, 0) is 9.53 Å². The van der Waals surface area contributed by atoms with E-state index in [2.05, 4.69) is 50.8 Å². The summed E-state index contributed by atoms with van der Waals surface area (Å²) in [5.74, 6) is -1.30. The Kier molecular flexibility index (Phi) is 6.06. The van der Waals surface area contributed by atoms with E-state index in [9.17, 15) is 19.5 Å². The third-order valence-corrected chi connectivity index (χ3v) is 7.36. The van der Waals surface area contributed by atoms with Gasteiger partial charge in [-0.25, -0.2) is 4.79 Å². The predicted octanol–water partition coefficient (Wildman–Crippen LogP) is 5.40. The van der Waals surface area contributed by atoms with Crippen LogP contribution in [0.1, 0.15) is 40.2 Å². The highest BCUT2D eigenvalue weighted by atomic mass is 79.9. The molecule has 3 aromatic rings. The summed E-state index contributed by atoms with van der Waals surface area (Å²) < 4.78 is 6.09. The van der Waals surface area contributed by atoms with Crippen LogP contribution in [0.25, 0.3) is 11.1 Å². The molecular weight excluding hydrogens is 512 g/mol. The average molecular weight is 535 g/mol. The maximum atomic E-state index is 12.6. The van der Waals surface area contributed by atoms with Gasteiger partial charge in [0.05, 0.1) is 11.1 Å². The summed E-state index contributed by atoms with van der Waals surface area (Å²) in [5.41, 5.74) is 4.56. The summed E-state index contributed by atoms with van der Waals surface area (Å²) >= 11 is 3.39. The smallest absolute Gasteiger partial charge is 0.411 e.